The van der Waals surface area contributed by atoms with Crippen molar-refractivity contribution in [3.63, 3.8) is 0 Å². The molecule has 2 rings (SSSR count). The van der Waals surface area contributed by atoms with Gasteiger partial charge in [0.1, 0.15) is 11.9 Å². The average molecular weight is 474 g/mol. The number of anilines is 1. The van der Waals surface area contributed by atoms with Crippen molar-refractivity contribution in [2.45, 2.75) is 44.6 Å². The lowest BCUT2D eigenvalue weighted by molar-refractivity contribution is -0.138. The third kappa shape index (κ3) is 11.2. The van der Waals surface area contributed by atoms with Gasteiger partial charge in [-0.05, 0) is 56.7 Å². The Labute approximate surface area is 192 Å². The first-order chi connectivity index (χ1) is 12.6. The van der Waals surface area contributed by atoms with E-state index < -0.39 is 12.0 Å². The van der Waals surface area contributed by atoms with E-state index in [1.807, 2.05) is 0 Å². The van der Waals surface area contributed by atoms with Gasteiger partial charge in [0.2, 0.25) is 0 Å². The van der Waals surface area contributed by atoms with Gasteiger partial charge in [0.15, 0.2) is 0 Å². The number of aromatic nitrogens is 1. The zero-order valence-electron chi connectivity index (χ0n) is 17.0. The zero-order valence-corrected chi connectivity index (χ0v) is 19.4. The van der Waals surface area contributed by atoms with Gasteiger partial charge in [-0.3, -0.25) is 4.79 Å². The molecule has 1 aliphatic rings. The number of pyridine rings is 1. The molecule has 0 radical (unpaired) electrons. The molecule has 0 aromatic carbocycles. The Balaban J connectivity index is 0. The molecule has 0 aliphatic carbocycles. The van der Waals surface area contributed by atoms with E-state index in [1.54, 1.807) is 7.11 Å². The van der Waals surface area contributed by atoms with Gasteiger partial charge >= 0.3 is 5.97 Å². The summed E-state index contributed by atoms with van der Waals surface area (Å²) in [7, 11) is 1.68. The number of nitrogens with one attached hydrogen (secondary N) is 1. The lowest BCUT2D eigenvalue weighted by Crippen LogP contribution is -2.37. The Morgan fingerprint density at radius 1 is 1.28 bits per heavy atom. The fourth-order valence-corrected chi connectivity index (χ4v) is 3.15. The van der Waals surface area contributed by atoms with Crippen LogP contribution in [-0.4, -0.2) is 66.9 Å². The minimum Gasteiger partial charge on any atom is -0.480 e. The Morgan fingerprint density at radius 2 is 2.03 bits per heavy atom. The number of halogens is 3. The molecule has 0 saturated carbocycles. The molecule has 7 nitrogen and oxygen atoms in total. The van der Waals surface area contributed by atoms with E-state index in [2.05, 4.69) is 22.3 Å². The molecule has 170 valence electrons. The molecule has 2 heterocycles. The van der Waals surface area contributed by atoms with Crippen LogP contribution in [0, 0.1) is 0 Å². The van der Waals surface area contributed by atoms with Gasteiger partial charge < -0.3 is 25.8 Å². The van der Waals surface area contributed by atoms with E-state index in [0.717, 1.165) is 56.8 Å². The lowest BCUT2D eigenvalue weighted by Gasteiger charge is -2.23. The molecule has 29 heavy (non-hydrogen) atoms. The fourth-order valence-electron chi connectivity index (χ4n) is 3.15. The van der Waals surface area contributed by atoms with Crippen molar-refractivity contribution in [2.24, 2.45) is 5.73 Å². The number of rotatable bonds is 12. The van der Waals surface area contributed by atoms with Gasteiger partial charge in [0.25, 0.3) is 0 Å². The molecule has 1 unspecified atom stereocenters. The quantitative estimate of drug-likeness (QED) is 0.401. The Kier molecular flexibility index (Phi) is 17.7. The number of fused-ring (bicyclic) bond motifs is 1. The maximum Gasteiger partial charge on any atom is 0.320 e. The van der Waals surface area contributed by atoms with Crippen LogP contribution in [0.15, 0.2) is 12.1 Å². The highest BCUT2D eigenvalue weighted by Gasteiger charge is 2.14. The molecule has 0 spiro atoms. The molecule has 10 heteroatoms. The van der Waals surface area contributed by atoms with Gasteiger partial charge in [0, 0.05) is 32.4 Å². The third-order valence-electron chi connectivity index (χ3n) is 4.79. The molecule has 1 aromatic rings. The largest absolute Gasteiger partial charge is 0.480 e. The summed E-state index contributed by atoms with van der Waals surface area (Å²) >= 11 is 0. The molecule has 1 aromatic heterocycles. The first-order valence-corrected chi connectivity index (χ1v) is 9.52. The first kappa shape index (κ1) is 30.4. The number of carbonyl (C=O) groups is 1. The SMILES string of the molecule is COCCN(CCCCc1ccc2c(n1)NCCC2)CCC(N)C(=O)O.Cl.Cl.Cl. The van der Waals surface area contributed by atoms with Gasteiger partial charge in [-0.15, -0.1) is 37.2 Å². The van der Waals surface area contributed by atoms with Crippen molar-refractivity contribution in [3.05, 3.63) is 23.4 Å². The first-order valence-electron chi connectivity index (χ1n) is 9.52. The number of hydrogen-bond donors (Lipinski definition) is 3. The van der Waals surface area contributed by atoms with E-state index in [1.165, 1.54) is 12.0 Å². The number of nitrogens with two attached hydrogens (primary N) is 1. The van der Waals surface area contributed by atoms with Gasteiger partial charge in [-0.25, -0.2) is 4.98 Å². The Morgan fingerprint density at radius 3 is 2.72 bits per heavy atom. The summed E-state index contributed by atoms with van der Waals surface area (Å²) in [4.78, 5) is 17.8. The van der Waals surface area contributed by atoms with Crippen LogP contribution in [0.5, 0.6) is 0 Å². The highest BCUT2D eigenvalue weighted by Crippen LogP contribution is 2.20. The van der Waals surface area contributed by atoms with Crippen LogP contribution >= 0.6 is 37.2 Å². The number of unbranched alkanes of at least 4 members (excludes halogenated alkanes) is 1. The Bertz CT molecular complexity index is 582. The molecule has 0 saturated heterocycles. The van der Waals surface area contributed by atoms with Gasteiger partial charge in [0.05, 0.1) is 6.61 Å². The fraction of sp³-hybridized carbons (Fsp3) is 0.684. The van der Waals surface area contributed by atoms with Crippen LogP contribution in [0.25, 0.3) is 0 Å². The van der Waals surface area contributed by atoms with Crippen LogP contribution in [0.1, 0.15) is 36.9 Å². The summed E-state index contributed by atoms with van der Waals surface area (Å²) in [5, 5.41) is 12.3. The second-order valence-electron chi connectivity index (χ2n) is 6.87. The molecule has 4 N–H and O–H groups in total. The standard InChI is InChI=1S/C19H32N4O3.3ClH/c1-26-14-13-23(12-9-17(20)19(24)25)11-3-2-6-16-8-7-15-5-4-10-21-18(15)22-16;;;/h7-8,17H,2-6,9-14,20H2,1H3,(H,21,22)(H,24,25);3*1H. The van der Waals surface area contributed by atoms with Crippen molar-refractivity contribution in [3.8, 4) is 0 Å². The van der Waals surface area contributed by atoms with E-state index >= 15 is 0 Å². The third-order valence-corrected chi connectivity index (χ3v) is 4.79. The van der Waals surface area contributed by atoms with Crippen LogP contribution in [0.4, 0.5) is 5.82 Å². The van der Waals surface area contributed by atoms with E-state index in [9.17, 15) is 4.79 Å². The lowest BCUT2D eigenvalue weighted by atomic mass is 10.1. The van der Waals surface area contributed by atoms with Crippen LogP contribution in [0.3, 0.4) is 0 Å². The topological polar surface area (TPSA) is 101 Å². The molecular weight excluding hydrogens is 439 g/mol. The molecular formula is C19H35Cl3N4O3. The smallest absolute Gasteiger partial charge is 0.320 e. The summed E-state index contributed by atoms with van der Waals surface area (Å²) in [6.07, 6.45) is 5.80. The summed E-state index contributed by atoms with van der Waals surface area (Å²) in [6.45, 7) is 4.04. The second kappa shape index (κ2) is 16.9. The molecule has 0 fully saturated rings. The summed E-state index contributed by atoms with van der Waals surface area (Å²) < 4.78 is 5.15. The number of methoxy groups -OCH3 is 1. The molecule has 1 aliphatic heterocycles. The van der Waals surface area contributed by atoms with Crippen LogP contribution < -0.4 is 11.1 Å². The number of aryl methyl sites for hydroxylation is 2. The monoisotopic (exact) mass is 472 g/mol. The maximum absolute atomic E-state index is 10.9. The van der Waals surface area contributed by atoms with Crippen LogP contribution in [0.2, 0.25) is 0 Å². The minimum atomic E-state index is -0.941. The van der Waals surface area contributed by atoms with Crippen molar-refractivity contribution in [2.75, 3.05) is 45.2 Å². The second-order valence-corrected chi connectivity index (χ2v) is 6.87. The summed E-state index contributed by atoms with van der Waals surface area (Å²) in [5.74, 6) is 0.113. The molecule has 1 atom stereocenters. The number of aliphatic carboxylic acids is 1. The maximum atomic E-state index is 10.9. The number of carboxylic acids is 1. The summed E-state index contributed by atoms with van der Waals surface area (Å²) in [5.41, 5.74) is 8.06. The van der Waals surface area contributed by atoms with Crippen molar-refractivity contribution < 1.29 is 14.6 Å². The number of ether oxygens (including phenoxy) is 1. The van der Waals surface area contributed by atoms with Gasteiger partial charge in [-0.1, -0.05) is 6.07 Å². The number of hydrogen-bond acceptors (Lipinski definition) is 6. The Hall–Kier alpha value is -0.830. The average Bonchev–Trinajstić information content (AvgIpc) is 2.66. The predicted molar refractivity (Wildman–Crippen MR) is 124 cm³/mol. The van der Waals surface area contributed by atoms with Crippen molar-refractivity contribution in [1.82, 2.24) is 9.88 Å². The normalized spacial score (nSPS) is 13.2. The van der Waals surface area contributed by atoms with Gasteiger partial charge in [-0.2, -0.15) is 0 Å². The van der Waals surface area contributed by atoms with Crippen molar-refractivity contribution in [1.29, 1.82) is 0 Å². The zero-order chi connectivity index (χ0) is 18.8. The summed E-state index contributed by atoms with van der Waals surface area (Å²) in [6, 6.07) is 3.54. The molecule has 0 bridgehead atoms. The number of carboxylic acid groups (broad SMARTS) is 1. The van der Waals surface area contributed by atoms with E-state index in [4.69, 9.17) is 20.6 Å². The minimum absolute atomic E-state index is 0. The van der Waals surface area contributed by atoms with E-state index in [0.29, 0.717) is 19.6 Å². The highest BCUT2D eigenvalue weighted by molar-refractivity contribution is 5.86. The van der Waals surface area contributed by atoms with Crippen molar-refractivity contribution >= 4 is 49.0 Å². The predicted octanol–water partition coefficient (Wildman–Crippen LogP) is 2.78. The number of nitrogens with zero attached hydrogens (tertiary/aromatic N) is 2. The van der Waals surface area contributed by atoms with Crippen LogP contribution in [-0.2, 0) is 22.4 Å². The molecule has 0 amide bonds. The highest BCUT2D eigenvalue weighted by atomic mass is 35.5. The van der Waals surface area contributed by atoms with E-state index in [-0.39, 0.29) is 37.2 Å².